The Hall–Kier alpha value is 0.620. The van der Waals surface area contributed by atoms with Gasteiger partial charge in [0, 0.05) is 12.0 Å². The molecule has 4 heteroatoms. The molecule has 0 saturated heterocycles. The smallest absolute Gasteiger partial charge is 0.125 e. The van der Waals surface area contributed by atoms with Crippen molar-refractivity contribution in [2.75, 3.05) is 5.94 Å². The van der Waals surface area contributed by atoms with Crippen LogP contribution in [0.25, 0.3) is 0 Å². The van der Waals surface area contributed by atoms with Crippen molar-refractivity contribution in [3.8, 4) is 0 Å². The molecule has 0 atom stereocenters. The predicted octanol–water partition coefficient (Wildman–Crippen LogP) is 2.05. The fraction of sp³-hybridized carbons (Fsp3) is 1.00. The normalized spacial score (nSPS) is 12.0. The lowest BCUT2D eigenvalue weighted by atomic mass is 10.2. The van der Waals surface area contributed by atoms with Crippen LogP contribution in [0.1, 0.15) is 26.7 Å². The molecule has 0 heterocycles. The monoisotopic (exact) mass is 182 g/mol. The molecule has 0 aliphatic heterocycles. The number of thiol groups is 1. The zero-order chi connectivity index (χ0) is 8.04. The van der Waals surface area contributed by atoms with Crippen molar-refractivity contribution in [2.45, 2.75) is 31.6 Å². The second kappa shape index (κ2) is 5.29. The van der Waals surface area contributed by atoms with Gasteiger partial charge in [0.2, 0.25) is 0 Å². The number of aliphatic hydroxyl groups excluding tert-OH is 1. The van der Waals surface area contributed by atoms with Crippen molar-refractivity contribution in [3.05, 3.63) is 0 Å². The zero-order valence-electron chi connectivity index (χ0n) is 6.33. The lowest BCUT2D eigenvalue weighted by Gasteiger charge is -2.23. The molecule has 0 saturated carbocycles. The summed E-state index contributed by atoms with van der Waals surface area (Å²) < 4.78 is 5.21. The molecular weight excluding hydrogens is 168 g/mol. The highest BCUT2D eigenvalue weighted by Crippen LogP contribution is 2.29. The molecule has 1 N–H and O–H groups in total. The standard InChI is InChI=1S/C6H14O2S2/c1-3-6(9,4-2)8-10-5-7/h7,9H,3-5H2,1-2H3. The third-order valence-electron chi connectivity index (χ3n) is 1.37. The Bertz CT molecular complexity index is 83.8. The van der Waals surface area contributed by atoms with E-state index in [0.717, 1.165) is 24.9 Å². The van der Waals surface area contributed by atoms with Gasteiger partial charge in [0.15, 0.2) is 0 Å². The van der Waals surface area contributed by atoms with E-state index in [9.17, 15) is 0 Å². The molecule has 10 heavy (non-hydrogen) atoms. The first-order valence-electron chi connectivity index (χ1n) is 3.32. The maximum Gasteiger partial charge on any atom is 0.125 e. The van der Waals surface area contributed by atoms with Gasteiger partial charge in [-0.3, -0.25) is 4.18 Å². The van der Waals surface area contributed by atoms with Crippen LogP contribution in [0, 0.1) is 0 Å². The first kappa shape index (κ1) is 10.6. The molecule has 0 unspecified atom stereocenters. The lowest BCUT2D eigenvalue weighted by Crippen LogP contribution is -2.20. The van der Waals surface area contributed by atoms with E-state index in [-0.39, 0.29) is 10.9 Å². The molecule has 0 aliphatic carbocycles. The second-order valence-corrected chi connectivity index (χ2v) is 3.46. The summed E-state index contributed by atoms with van der Waals surface area (Å²) in [6, 6.07) is 0. The van der Waals surface area contributed by atoms with Gasteiger partial charge in [-0.2, -0.15) is 0 Å². The van der Waals surface area contributed by atoms with Crippen LogP contribution in [0.4, 0.5) is 0 Å². The quantitative estimate of drug-likeness (QED) is 0.387. The van der Waals surface area contributed by atoms with Crippen molar-refractivity contribution in [1.82, 2.24) is 0 Å². The molecule has 0 aliphatic rings. The SMILES string of the molecule is CCC(S)(CC)OSCO. The first-order chi connectivity index (χ1) is 4.68. The molecule has 2 nitrogen and oxygen atoms in total. The minimum absolute atomic E-state index is 0.0116. The summed E-state index contributed by atoms with van der Waals surface area (Å²) in [5.74, 6) is -0.0116. The molecule has 0 aromatic carbocycles. The molecule has 62 valence electrons. The van der Waals surface area contributed by atoms with Gasteiger partial charge in [-0.1, -0.05) is 13.8 Å². The molecule has 0 rings (SSSR count). The van der Waals surface area contributed by atoms with E-state index in [4.69, 9.17) is 9.29 Å². The summed E-state index contributed by atoms with van der Waals surface area (Å²) >= 11 is 5.34. The second-order valence-electron chi connectivity index (χ2n) is 1.98. The molecule has 0 aromatic rings. The Kier molecular flexibility index (Phi) is 5.62. The summed E-state index contributed by atoms with van der Waals surface area (Å²) in [5, 5.41) is 8.42. The minimum atomic E-state index is -0.368. The van der Waals surface area contributed by atoms with Gasteiger partial charge < -0.3 is 5.11 Å². The van der Waals surface area contributed by atoms with Crippen LogP contribution in [0.5, 0.6) is 0 Å². The van der Waals surface area contributed by atoms with E-state index in [1.807, 2.05) is 13.8 Å². The van der Waals surface area contributed by atoms with Crippen LogP contribution in [-0.2, 0) is 4.18 Å². The fourth-order valence-corrected chi connectivity index (χ4v) is 1.17. The summed E-state index contributed by atoms with van der Waals surface area (Å²) in [5.41, 5.74) is 0. The Morgan fingerprint density at radius 1 is 1.50 bits per heavy atom. The Balaban J connectivity index is 3.58. The van der Waals surface area contributed by atoms with Gasteiger partial charge in [-0.25, -0.2) is 0 Å². The van der Waals surface area contributed by atoms with E-state index in [0.29, 0.717) is 0 Å². The van der Waals surface area contributed by atoms with Gasteiger partial charge in [0.05, 0.1) is 0 Å². The van der Waals surface area contributed by atoms with Gasteiger partial charge in [0.1, 0.15) is 10.9 Å². The highest BCUT2D eigenvalue weighted by molar-refractivity contribution is 7.95. The summed E-state index contributed by atoms with van der Waals surface area (Å²) in [7, 11) is 0. The van der Waals surface area contributed by atoms with Gasteiger partial charge in [-0.15, -0.1) is 12.6 Å². The topological polar surface area (TPSA) is 29.5 Å². The first-order valence-corrected chi connectivity index (χ1v) is 4.68. The number of rotatable bonds is 5. The largest absolute Gasteiger partial charge is 0.383 e. The van der Waals surface area contributed by atoms with Crippen LogP contribution in [0.2, 0.25) is 0 Å². The van der Waals surface area contributed by atoms with Gasteiger partial charge in [-0.05, 0) is 12.8 Å². The summed E-state index contributed by atoms with van der Waals surface area (Å²) in [4.78, 5) is -0.368. The predicted molar refractivity (Wildman–Crippen MR) is 48.1 cm³/mol. The number of hydrogen-bond donors (Lipinski definition) is 2. The van der Waals surface area contributed by atoms with Crippen molar-refractivity contribution in [2.24, 2.45) is 0 Å². The zero-order valence-corrected chi connectivity index (χ0v) is 8.04. The minimum Gasteiger partial charge on any atom is -0.383 e. The maximum absolute atomic E-state index is 8.42. The highest BCUT2D eigenvalue weighted by Gasteiger charge is 2.21. The average molecular weight is 182 g/mol. The van der Waals surface area contributed by atoms with Crippen LogP contribution in [0.3, 0.4) is 0 Å². The van der Waals surface area contributed by atoms with Gasteiger partial charge in [0.25, 0.3) is 0 Å². The molecule has 0 radical (unpaired) electrons. The van der Waals surface area contributed by atoms with Crippen molar-refractivity contribution >= 4 is 24.7 Å². The van der Waals surface area contributed by atoms with Crippen LogP contribution < -0.4 is 0 Å². The average Bonchev–Trinajstić information content (AvgIpc) is 2.00. The van der Waals surface area contributed by atoms with Crippen LogP contribution in [0.15, 0.2) is 0 Å². The molecular formula is C6H14O2S2. The van der Waals surface area contributed by atoms with Crippen LogP contribution >= 0.6 is 24.7 Å². The van der Waals surface area contributed by atoms with Crippen molar-refractivity contribution in [1.29, 1.82) is 0 Å². The van der Waals surface area contributed by atoms with Crippen molar-refractivity contribution in [3.63, 3.8) is 0 Å². The highest BCUT2D eigenvalue weighted by atomic mass is 32.2. The molecule has 0 amide bonds. The Morgan fingerprint density at radius 3 is 2.30 bits per heavy atom. The Labute approximate surface area is 72.0 Å². The molecule has 0 fully saturated rings. The number of hydrogen-bond acceptors (Lipinski definition) is 4. The van der Waals surface area contributed by atoms with E-state index in [1.54, 1.807) is 0 Å². The van der Waals surface area contributed by atoms with E-state index in [1.165, 1.54) is 0 Å². The molecule has 0 bridgehead atoms. The summed E-state index contributed by atoms with van der Waals surface area (Å²) in [6.45, 7) is 4.02. The molecule has 0 spiro atoms. The maximum atomic E-state index is 8.42. The number of aliphatic hydroxyl groups is 1. The fourth-order valence-electron chi connectivity index (χ4n) is 0.504. The van der Waals surface area contributed by atoms with E-state index >= 15 is 0 Å². The van der Waals surface area contributed by atoms with Gasteiger partial charge >= 0.3 is 0 Å². The lowest BCUT2D eigenvalue weighted by molar-refractivity contribution is 0.188. The van der Waals surface area contributed by atoms with E-state index < -0.39 is 0 Å². The third kappa shape index (κ3) is 3.71. The van der Waals surface area contributed by atoms with E-state index in [2.05, 4.69) is 12.6 Å². The third-order valence-corrected chi connectivity index (χ3v) is 2.76. The summed E-state index contributed by atoms with van der Waals surface area (Å²) in [6.07, 6.45) is 1.69. The molecule has 0 aromatic heterocycles. The van der Waals surface area contributed by atoms with Crippen molar-refractivity contribution < 1.29 is 9.29 Å². The van der Waals surface area contributed by atoms with Crippen LogP contribution in [-0.4, -0.2) is 16.0 Å². The Morgan fingerprint density at radius 2 is 2.00 bits per heavy atom.